The first-order chi connectivity index (χ1) is 11.7. The molecule has 2 aromatic rings. The van der Waals surface area contributed by atoms with Crippen LogP contribution in [0.1, 0.15) is 37.3 Å². The van der Waals surface area contributed by atoms with Crippen LogP contribution >= 0.6 is 0 Å². The smallest absolute Gasteiger partial charge is 0.289 e. The number of aryl methyl sites for hydroxylation is 1. The Morgan fingerprint density at radius 3 is 2.79 bits per heavy atom. The fourth-order valence-electron chi connectivity index (χ4n) is 3.09. The van der Waals surface area contributed by atoms with Crippen LogP contribution in [0.5, 0.6) is 0 Å². The third-order valence-electron chi connectivity index (χ3n) is 4.27. The molecule has 0 aromatic carbocycles. The lowest BCUT2D eigenvalue weighted by Crippen LogP contribution is -2.31. The number of aliphatic hydroxyl groups is 2. The first-order valence-electron chi connectivity index (χ1n) is 8.03. The zero-order valence-corrected chi connectivity index (χ0v) is 13.6. The van der Waals surface area contributed by atoms with E-state index >= 15 is 0 Å². The van der Waals surface area contributed by atoms with E-state index in [9.17, 15) is 15.0 Å². The van der Waals surface area contributed by atoms with Gasteiger partial charge in [0.25, 0.3) is 5.91 Å². The minimum Gasteiger partial charge on any atom is -0.503 e. The van der Waals surface area contributed by atoms with Crippen molar-refractivity contribution >= 4 is 5.91 Å². The van der Waals surface area contributed by atoms with Gasteiger partial charge >= 0.3 is 0 Å². The summed E-state index contributed by atoms with van der Waals surface area (Å²) in [6.07, 6.45) is 6.60. The molecule has 7 heteroatoms. The van der Waals surface area contributed by atoms with Crippen molar-refractivity contribution in [3.8, 4) is 0 Å². The third kappa shape index (κ3) is 2.94. The molecule has 0 aliphatic carbocycles. The molecule has 2 N–H and O–H groups in total. The van der Waals surface area contributed by atoms with E-state index < -0.39 is 6.04 Å². The number of nitrogens with zero attached hydrogens (tertiary/aromatic N) is 3. The number of amides is 1. The van der Waals surface area contributed by atoms with Crippen molar-refractivity contribution in [1.82, 2.24) is 14.5 Å². The quantitative estimate of drug-likeness (QED) is 0.811. The maximum Gasteiger partial charge on any atom is 0.289 e. The van der Waals surface area contributed by atoms with Gasteiger partial charge in [0.1, 0.15) is 24.2 Å². The number of rotatable bonds is 7. The van der Waals surface area contributed by atoms with Crippen LogP contribution in [-0.2, 0) is 17.9 Å². The van der Waals surface area contributed by atoms with E-state index in [-0.39, 0.29) is 18.3 Å². The van der Waals surface area contributed by atoms with Crippen molar-refractivity contribution in [1.29, 1.82) is 0 Å². The largest absolute Gasteiger partial charge is 0.503 e. The molecule has 0 radical (unpaired) electrons. The van der Waals surface area contributed by atoms with E-state index in [1.54, 1.807) is 29.6 Å². The number of carbonyl (C=O) groups excluding carboxylic acids is 1. The molecule has 1 atom stereocenters. The summed E-state index contributed by atoms with van der Waals surface area (Å²) in [6.45, 7) is 2.93. The summed E-state index contributed by atoms with van der Waals surface area (Å²) in [5, 5.41) is 19.4. The van der Waals surface area contributed by atoms with Gasteiger partial charge in [-0.2, -0.15) is 0 Å². The van der Waals surface area contributed by atoms with Crippen LogP contribution < -0.4 is 0 Å². The van der Waals surface area contributed by atoms with Gasteiger partial charge in [-0.15, -0.1) is 0 Å². The molecule has 0 saturated heterocycles. The lowest BCUT2D eigenvalue weighted by Gasteiger charge is -2.25. The minimum atomic E-state index is -0.411. The highest BCUT2D eigenvalue weighted by atomic mass is 16.4. The standard InChI is InChI=1S/C17H21N3O4/c1-2-13-15(14-5-4-12(10-21)24-14)20(17(23)16(13)22)8-3-7-19-9-6-18-11-19/h4-6,9,11,15,21-22H,2-3,7-8,10H2,1H3. The van der Waals surface area contributed by atoms with E-state index in [4.69, 9.17) is 4.42 Å². The summed E-state index contributed by atoms with van der Waals surface area (Å²) in [6, 6.07) is 3.03. The molecule has 128 valence electrons. The molecular weight excluding hydrogens is 310 g/mol. The zero-order valence-electron chi connectivity index (χ0n) is 13.6. The fraction of sp³-hybridized carbons (Fsp3) is 0.412. The van der Waals surface area contributed by atoms with Gasteiger partial charge in [-0.25, -0.2) is 4.98 Å². The average molecular weight is 331 g/mol. The van der Waals surface area contributed by atoms with Gasteiger partial charge in [0.2, 0.25) is 0 Å². The van der Waals surface area contributed by atoms with Crippen molar-refractivity contribution < 1.29 is 19.4 Å². The van der Waals surface area contributed by atoms with Crippen molar-refractivity contribution in [3.05, 3.63) is 53.7 Å². The van der Waals surface area contributed by atoms with Crippen molar-refractivity contribution in [2.75, 3.05) is 6.54 Å². The molecule has 0 fully saturated rings. The van der Waals surface area contributed by atoms with Gasteiger partial charge in [-0.3, -0.25) is 4.79 Å². The highest BCUT2D eigenvalue weighted by Crippen LogP contribution is 2.39. The summed E-state index contributed by atoms with van der Waals surface area (Å²) < 4.78 is 7.57. The van der Waals surface area contributed by atoms with Crippen LogP contribution in [-0.4, -0.2) is 37.1 Å². The van der Waals surface area contributed by atoms with Crippen molar-refractivity contribution in [3.63, 3.8) is 0 Å². The summed E-state index contributed by atoms with van der Waals surface area (Å²) in [5.41, 5.74) is 0.654. The normalized spacial score (nSPS) is 18.0. The van der Waals surface area contributed by atoms with Gasteiger partial charge in [-0.05, 0) is 25.0 Å². The Hall–Kier alpha value is -2.54. The average Bonchev–Trinajstić information content (AvgIpc) is 3.30. The molecule has 0 spiro atoms. The highest BCUT2D eigenvalue weighted by Gasteiger charge is 2.40. The number of aliphatic hydroxyl groups excluding tert-OH is 2. The number of carbonyl (C=O) groups is 1. The van der Waals surface area contributed by atoms with Crippen LogP contribution in [0.25, 0.3) is 0 Å². The molecule has 1 aliphatic heterocycles. The second-order valence-electron chi connectivity index (χ2n) is 5.74. The summed E-state index contributed by atoms with van der Waals surface area (Å²) >= 11 is 0. The Kier molecular flexibility index (Phi) is 4.71. The van der Waals surface area contributed by atoms with Crippen LogP contribution in [0.15, 0.2) is 46.6 Å². The first kappa shape index (κ1) is 16.3. The molecule has 3 rings (SSSR count). The van der Waals surface area contributed by atoms with E-state index in [0.717, 1.165) is 13.0 Å². The van der Waals surface area contributed by atoms with E-state index in [0.29, 0.717) is 30.1 Å². The highest BCUT2D eigenvalue weighted by molar-refractivity contribution is 5.95. The van der Waals surface area contributed by atoms with Gasteiger partial charge in [0.05, 0.1) is 6.33 Å². The monoisotopic (exact) mass is 331 g/mol. The molecule has 2 aromatic heterocycles. The Labute approximate surface area is 139 Å². The minimum absolute atomic E-state index is 0.188. The molecule has 1 aliphatic rings. The second kappa shape index (κ2) is 6.92. The fourth-order valence-corrected chi connectivity index (χ4v) is 3.09. The number of hydrogen-bond donors (Lipinski definition) is 2. The Morgan fingerprint density at radius 1 is 1.33 bits per heavy atom. The van der Waals surface area contributed by atoms with Crippen LogP contribution in [0, 0.1) is 0 Å². The number of aromatic nitrogens is 2. The SMILES string of the molecule is CCC1=C(O)C(=O)N(CCCn2ccnc2)C1c1ccc(CO)o1. The van der Waals surface area contributed by atoms with Gasteiger partial charge in [0, 0.05) is 31.1 Å². The topological polar surface area (TPSA) is 91.7 Å². The second-order valence-corrected chi connectivity index (χ2v) is 5.74. The van der Waals surface area contributed by atoms with E-state index in [1.165, 1.54) is 0 Å². The van der Waals surface area contributed by atoms with E-state index in [2.05, 4.69) is 4.98 Å². The van der Waals surface area contributed by atoms with Crippen LogP contribution in [0.4, 0.5) is 0 Å². The van der Waals surface area contributed by atoms with Crippen molar-refractivity contribution in [2.45, 2.75) is 39.0 Å². The Balaban J connectivity index is 1.78. The third-order valence-corrected chi connectivity index (χ3v) is 4.27. The predicted octanol–water partition coefficient (Wildman–Crippen LogP) is 2.16. The van der Waals surface area contributed by atoms with E-state index in [1.807, 2.05) is 17.7 Å². The summed E-state index contributed by atoms with van der Waals surface area (Å²) in [5.74, 6) is 0.449. The van der Waals surface area contributed by atoms with Gasteiger partial charge < -0.3 is 24.1 Å². The van der Waals surface area contributed by atoms with Crippen molar-refractivity contribution in [2.24, 2.45) is 0 Å². The zero-order chi connectivity index (χ0) is 17.1. The molecular formula is C17H21N3O4. The van der Waals surface area contributed by atoms with Gasteiger partial charge in [0.15, 0.2) is 5.76 Å². The lowest BCUT2D eigenvalue weighted by molar-refractivity contribution is -0.129. The predicted molar refractivity (Wildman–Crippen MR) is 85.9 cm³/mol. The molecule has 24 heavy (non-hydrogen) atoms. The summed E-state index contributed by atoms with van der Waals surface area (Å²) in [7, 11) is 0. The Bertz CT molecular complexity index is 733. The summed E-state index contributed by atoms with van der Waals surface area (Å²) in [4.78, 5) is 18.1. The molecule has 1 amide bonds. The maximum atomic E-state index is 12.4. The van der Waals surface area contributed by atoms with Crippen LogP contribution in [0.2, 0.25) is 0 Å². The van der Waals surface area contributed by atoms with Gasteiger partial charge in [-0.1, -0.05) is 6.92 Å². The lowest BCUT2D eigenvalue weighted by atomic mass is 10.0. The number of imidazole rings is 1. The molecule has 3 heterocycles. The first-order valence-corrected chi connectivity index (χ1v) is 8.03. The molecule has 1 unspecified atom stereocenters. The maximum absolute atomic E-state index is 12.4. The molecule has 0 saturated carbocycles. The molecule has 7 nitrogen and oxygen atoms in total. The Morgan fingerprint density at radius 2 is 2.17 bits per heavy atom. The number of hydrogen-bond acceptors (Lipinski definition) is 5. The molecule has 0 bridgehead atoms. The number of furan rings is 1. The van der Waals surface area contributed by atoms with Crippen LogP contribution in [0.3, 0.4) is 0 Å².